The summed E-state index contributed by atoms with van der Waals surface area (Å²) in [4.78, 5) is 0. The van der Waals surface area contributed by atoms with Gasteiger partial charge in [-0.3, -0.25) is 0 Å². The van der Waals surface area contributed by atoms with E-state index in [4.69, 9.17) is 4.74 Å². The maximum atomic E-state index is 9.64. The first-order valence-corrected chi connectivity index (χ1v) is 5.00. The molecule has 0 spiro atoms. The Morgan fingerprint density at radius 2 is 2.36 bits per heavy atom. The van der Waals surface area contributed by atoms with Crippen LogP contribution in [0.5, 0.6) is 11.5 Å². The molecule has 0 aromatic heterocycles. The minimum atomic E-state index is 0.301. The van der Waals surface area contributed by atoms with Crippen molar-refractivity contribution >= 4 is 0 Å². The number of benzene rings is 1. The lowest BCUT2D eigenvalue weighted by molar-refractivity contribution is 0.332. The number of rotatable bonds is 3. The predicted molar refractivity (Wildman–Crippen MR) is 54.6 cm³/mol. The molecule has 0 saturated carbocycles. The zero-order valence-electron chi connectivity index (χ0n) is 8.29. The van der Waals surface area contributed by atoms with Crippen molar-refractivity contribution in [3.05, 3.63) is 23.8 Å². The number of hydrogen-bond donors (Lipinski definition) is 2. The summed E-state index contributed by atoms with van der Waals surface area (Å²) in [5, 5.41) is 12.9. The van der Waals surface area contributed by atoms with Crippen LogP contribution in [0.2, 0.25) is 0 Å². The normalized spacial score (nSPS) is 20.2. The van der Waals surface area contributed by atoms with Gasteiger partial charge in [0.2, 0.25) is 0 Å². The van der Waals surface area contributed by atoms with Crippen molar-refractivity contribution in [2.75, 3.05) is 13.2 Å². The molecule has 1 unspecified atom stereocenters. The third-order valence-electron chi connectivity index (χ3n) is 2.51. The van der Waals surface area contributed by atoms with Gasteiger partial charge in [-0.2, -0.15) is 0 Å². The molecule has 1 aromatic carbocycles. The smallest absolute Gasteiger partial charge is 0.120 e. The third-order valence-corrected chi connectivity index (χ3v) is 2.51. The van der Waals surface area contributed by atoms with Crippen LogP contribution in [0.4, 0.5) is 0 Å². The minimum absolute atomic E-state index is 0.301. The van der Waals surface area contributed by atoms with Gasteiger partial charge in [0.15, 0.2) is 0 Å². The average molecular weight is 193 g/mol. The van der Waals surface area contributed by atoms with E-state index in [0.29, 0.717) is 18.4 Å². The first kappa shape index (κ1) is 9.34. The molecule has 0 amide bonds. The Balaban J connectivity index is 2.22. The Bertz CT molecular complexity index is 321. The van der Waals surface area contributed by atoms with Gasteiger partial charge in [-0.1, -0.05) is 0 Å². The molecule has 0 aliphatic carbocycles. The number of nitrogens with one attached hydrogen (secondary N) is 1. The highest BCUT2D eigenvalue weighted by Crippen LogP contribution is 2.33. The van der Waals surface area contributed by atoms with E-state index in [0.717, 1.165) is 24.3 Å². The molecule has 3 heteroatoms. The molecular formula is C11H15NO2. The van der Waals surface area contributed by atoms with Crippen LogP contribution < -0.4 is 10.1 Å². The lowest BCUT2D eigenvalue weighted by Gasteiger charge is -2.28. The van der Waals surface area contributed by atoms with E-state index in [1.165, 1.54) is 0 Å². The van der Waals surface area contributed by atoms with Crippen molar-refractivity contribution < 1.29 is 9.84 Å². The Morgan fingerprint density at radius 1 is 1.57 bits per heavy atom. The highest BCUT2D eigenvalue weighted by molar-refractivity contribution is 5.42. The summed E-state index contributed by atoms with van der Waals surface area (Å²) < 4.78 is 5.38. The maximum absolute atomic E-state index is 9.64. The van der Waals surface area contributed by atoms with Gasteiger partial charge in [0.1, 0.15) is 11.5 Å². The lowest BCUT2D eigenvalue weighted by Crippen LogP contribution is -2.34. The van der Waals surface area contributed by atoms with Crippen molar-refractivity contribution in [3.8, 4) is 11.5 Å². The summed E-state index contributed by atoms with van der Waals surface area (Å²) in [6.45, 7) is 3.64. The topological polar surface area (TPSA) is 41.5 Å². The van der Waals surface area contributed by atoms with Gasteiger partial charge >= 0.3 is 0 Å². The highest BCUT2D eigenvalue weighted by atomic mass is 16.5. The Hall–Kier alpha value is -1.22. The summed E-state index contributed by atoms with van der Waals surface area (Å²) in [7, 11) is 0. The van der Waals surface area contributed by atoms with Crippen molar-refractivity contribution in [1.82, 2.24) is 5.32 Å². The first-order chi connectivity index (χ1) is 6.81. The second kappa shape index (κ2) is 3.88. The molecule has 1 aliphatic rings. The molecule has 3 nitrogen and oxygen atoms in total. The van der Waals surface area contributed by atoms with Crippen LogP contribution >= 0.6 is 0 Å². The zero-order valence-corrected chi connectivity index (χ0v) is 8.29. The first-order valence-electron chi connectivity index (χ1n) is 5.00. The van der Waals surface area contributed by atoms with Crippen LogP contribution in [-0.2, 0) is 0 Å². The van der Waals surface area contributed by atoms with Gasteiger partial charge in [-0.05, 0) is 38.1 Å². The fourth-order valence-corrected chi connectivity index (χ4v) is 1.62. The molecule has 14 heavy (non-hydrogen) atoms. The van der Waals surface area contributed by atoms with Crippen LogP contribution in [0.3, 0.4) is 0 Å². The molecule has 76 valence electrons. The van der Waals surface area contributed by atoms with E-state index in [1.807, 2.05) is 13.0 Å². The van der Waals surface area contributed by atoms with Crippen molar-refractivity contribution in [1.29, 1.82) is 0 Å². The molecule has 2 N–H and O–H groups in total. The highest BCUT2D eigenvalue weighted by Gasteiger charge is 2.21. The number of hydrogen-bond acceptors (Lipinski definition) is 3. The molecule has 1 saturated heterocycles. The van der Waals surface area contributed by atoms with E-state index in [1.54, 1.807) is 12.1 Å². The summed E-state index contributed by atoms with van der Waals surface area (Å²) in [5.41, 5.74) is 0.946. The molecule has 1 aliphatic heterocycles. The third kappa shape index (κ3) is 1.68. The van der Waals surface area contributed by atoms with Crippen LogP contribution in [0.15, 0.2) is 18.2 Å². The van der Waals surface area contributed by atoms with Crippen LogP contribution in [-0.4, -0.2) is 18.3 Å². The Kier molecular flexibility index (Phi) is 2.59. The lowest BCUT2D eigenvalue weighted by atomic mass is 9.97. The van der Waals surface area contributed by atoms with E-state index >= 15 is 0 Å². The fourth-order valence-electron chi connectivity index (χ4n) is 1.62. The van der Waals surface area contributed by atoms with Crippen LogP contribution in [0.1, 0.15) is 24.9 Å². The molecule has 0 radical (unpaired) electrons. The molecule has 2 rings (SSSR count). The predicted octanol–water partition coefficient (Wildman–Crippen LogP) is 1.83. The number of aromatic hydroxyl groups is 1. The largest absolute Gasteiger partial charge is 0.508 e. The van der Waals surface area contributed by atoms with Crippen molar-refractivity contribution in [3.63, 3.8) is 0 Å². The molecular weight excluding hydrogens is 178 g/mol. The molecule has 1 heterocycles. The molecule has 1 fully saturated rings. The van der Waals surface area contributed by atoms with E-state index in [2.05, 4.69) is 5.32 Å². The van der Waals surface area contributed by atoms with E-state index in [-0.39, 0.29) is 0 Å². The summed E-state index contributed by atoms with van der Waals surface area (Å²) >= 11 is 0. The van der Waals surface area contributed by atoms with E-state index in [9.17, 15) is 5.11 Å². The van der Waals surface area contributed by atoms with Gasteiger partial charge in [0.05, 0.1) is 6.61 Å². The number of phenols is 1. The average Bonchev–Trinajstić information content (AvgIpc) is 2.08. The van der Waals surface area contributed by atoms with Crippen LogP contribution in [0, 0.1) is 0 Å². The molecule has 1 atom stereocenters. The second-order valence-electron chi connectivity index (χ2n) is 3.45. The molecule has 1 aromatic rings. The SMILES string of the molecule is CCOc1ccc(O)c(C2CCN2)c1. The van der Waals surface area contributed by atoms with Gasteiger partial charge in [-0.25, -0.2) is 0 Å². The zero-order chi connectivity index (χ0) is 9.97. The molecule has 0 bridgehead atoms. The van der Waals surface area contributed by atoms with E-state index < -0.39 is 0 Å². The summed E-state index contributed by atoms with van der Waals surface area (Å²) in [6.07, 6.45) is 1.09. The number of phenolic OH excluding ortho intramolecular Hbond substituents is 1. The van der Waals surface area contributed by atoms with Gasteiger partial charge in [0, 0.05) is 11.6 Å². The van der Waals surface area contributed by atoms with Gasteiger partial charge in [-0.15, -0.1) is 0 Å². The van der Waals surface area contributed by atoms with Gasteiger partial charge in [0.25, 0.3) is 0 Å². The summed E-state index contributed by atoms with van der Waals surface area (Å²) in [6, 6.07) is 5.70. The quantitative estimate of drug-likeness (QED) is 0.769. The van der Waals surface area contributed by atoms with Crippen molar-refractivity contribution in [2.24, 2.45) is 0 Å². The monoisotopic (exact) mass is 193 g/mol. The van der Waals surface area contributed by atoms with Crippen LogP contribution in [0.25, 0.3) is 0 Å². The Morgan fingerprint density at radius 3 is 2.93 bits per heavy atom. The second-order valence-corrected chi connectivity index (χ2v) is 3.45. The Labute approximate surface area is 83.7 Å². The van der Waals surface area contributed by atoms with Gasteiger partial charge < -0.3 is 15.2 Å². The summed E-state index contributed by atoms with van der Waals surface area (Å²) in [5.74, 6) is 1.18. The minimum Gasteiger partial charge on any atom is -0.508 e. The maximum Gasteiger partial charge on any atom is 0.120 e. The van der Waals surface area contributed by atoms with Crippen molar-refractivity contribution in [2.45, 2.75) is 19.4 Å². The fraction of sp³-hybridized carbons (Fsp3) is 0.455. The standard InChI is InChI=1S/C11H15NO2/c1-2-14-8-3-4-11(13)9(7-8)10-5-6-12-10/h3-4,7,10,12-13H,2,5-6H2,1H3. The number of ether oxygens (including phenoxy) is 1.